The average Bonchev–Trinajstić information content (AvgIpc) is 3.10. The highest BCUT2D eigenvalue weighted by atomic mass is 35.5. The maximum absolute atomic E-state index is 12.3. The lowest BCUT2D eigenvalue weighted by molar-refractivity contribution is -0.136. The van der Waals surface area contributed by atoms with Crippen LogP contribution in [0.3, 0.4) is 0 Å². The summed E-state index contributed by atoms with van der Waals surface area (Å²) in [6, 6.07) is 8.15. The number of amides is 1. The van der Waals surface area contributed by atoms with Crippen LogP contribution in [0.5, 0.6) is 11.5 Å². The Morgan fingerprint density at radius 2 is 1.93 bits per heavy atom. The second kappa shape index (κ2) is 9.27. The highest BCUT2D eigenvalue weighted by Gasteiger charge is 2.23. The topological polar surface area (TPSA) is 79.3 Å². The Balaban J connectivity index is 1.45. The molecule has 1 N–H and O–H groups in total. The van der Waals surface area contributed by atoms with Crippen LogP contribution in [0.4, 0.5) is 0 Å². The number of thiophene rings is 1. The van der Waals surface area contributed by atoms with E-state index in [2.05, 4.69) is 4.90 Å². The van der Waals surface area contributed by atoms with Crippen molar-refractivity contribution in [1.82, 2.24) is 9.80 Å². The Kier molecular flexibility index (Phi) is 6.77. The fourth-order valence-corrected chi connectivity index (χ4v) is 4.05. The quantitative estimate of drug-likeness (QED) is 0.718. The van der Waals surface area contributed by atoms with E-state index in [0.29, 0.717) is 18.8 Å². The monoisotopic (exact) mass is 424 g/mol. The number of carbonyl (C=O) groups is 2. The zero-order valence-electron chi connectivity index (χ0n) is 15.4. The number of phenols is 1. The summed E-state index contributed by atoms with van der Waals surface area (Å²) in [5, 5.41) is 9.87. The summed E-state index contributed by atoms with van der Waals surface area (Å²) < 4.78 is 10.8. The maximum atomic E-state index is 12.3. The van der Waals surface area contributed by atoms with E-state index in [0.717, 1.165) is 24.0 Å². The van der Waals surface area contributed by atoms with Gasteiger partial charge >= 0.3 is 5.97 Å². The number of aromatic hydroxyl groups is 1. The van der Waals surface area contributed by atoms with E-state index in [1.165, 1.54) is 30.2 Å². The summed E-state index contributed by atoms with van der Waals surface area (Å²) in [5.41, 5.74) is -0.00646. The number of ether oxygens (including phenoxy) is 2. The molecule has 0 bridgehead atoms. The predicted molar refractivity (Wildman–Crippen MR) is 106 cm³/mol. The Labute approximate surface area is 172 Å². The minimum absolute atomic E-state index is 0.00646. The number of esters is 1. The number of nitrogens with zero attached hydrogens (tertiary/aromatic N) is 2. The Morgan fingerprint density at radius 1 is 1.18 bits per heavy atom. The van der Waals surface area contributed by atoms with Crippen molar-refractivity contribution in [2.24, 2.45) is 0 Å². The normalized spacial score (nSPS) is 14.7. The first-order chi connectivity index (χ1) is 13.5. The van der Waals surface area contributed by atoms with Gasteiger partial charge in [-0.15, -0.1) is 11.3 Å². The van der Waals surface area contributed by atoms with Gasteiger partial charge in [-0.2, -0.15) is 0 Å². The van der Waals surface area contributed by atoms with Gasteiger partial charge in [0, 0.05) is 43.7 Å². The number of benzene rings is 1. The van der Waals surface area contributed by atoms with Gasteiger partial charge in [0.2, 0.25) is 0 Å². The minimum Gasteiger partial charge on any atom is -0.507 e. The third-order valence-corrected chi connectivity index (χ3v) is 5.70. The number of rotatable bonds is 6. The van der Waals surface area contributed by atoms with Crippen LogP contribution in [0.25, 0.3) is 0 Å². The smallest absolute Gasteiger partial charge is 0.342 e. The summed E-state index contributed by atoms with van der Waals surface area (Å²) >= 11 is 7.51. The molecule has 1 saturated heterocycles. The molecule has 1 aromatic carbocycles. The van der Waals surface area contributed by atoms with Crippen LogP contribution in [0.15, 0.2) is 30.3 Å². The maximum Gasteiger partial charge on any atom is 0.342 e. The van der Waals surface area contributed by atoms with Crippen LogP contribution in [-0.4, -0.2) is 66.7 Å². The summed E-state index contributed by atoms with van der Waals surface area (Å²) in [5.74, 6) is -0.825. The fraction of sp³-hybridized carbons (Fsp3) is 0.368. The number of halogens is 1. The molecule has 1 aromatic heterocycles. The van der Waals surface area contributed by atoms with E-state index in [-0.39, 0.29) is 23.8 Å². The molecular weight excluding hydrogens is 404 g/mol. The zero-order chi connectivity index (χ0) is 20.1. The third kappa shape index (κ3) is 5.15. The van der Waals surface area contributed by atoms with Crippen LogP contribution in [-0.2, 0) is 16.1 Å². The van der Waals surface area contributed by atoms with Crippen molar-refractivity contribution in [1.29, 1.82) is 0 Å². The molecule has 3 rings (SSSR count). The number of hydrogen-bond donors (Lipinski definition) is 1. The van der Waals surface area contributed by atoms with Gasteiger partial charge in [0.1, 0.15) is 17.1 Å². The second-order valence-corrected chi connectivity index (χ2v) is 8.12. The summed E-state index contributed by atoms with van der Waals surface area (Å²) in [6.45, 7) is 3.09. The summed E-state index contributed by atoms with van der Waals surface area (Å²) in [4.78, 5) is 29.5. The highest BCUT2D eigenvalue weighted by Crippen LogP contribution is 2.24. The van der Waals surface area contributed by atoms with Gasteiger partial charge in [0.15, 0.2) is 6.61 Å². The van der Waals surface area contributed by atoms with E-state index in [4.69, 9.17) is 21.1 Å². The lowest BCUT2D eigenvalue weighted by atomic mass is 10.2. The third-order valence-electron chi connectivity index (χ3n) is 4.48. The second-order valence-electron chi connectivity index (χ2n) is 6.32. The molecule has 9 heteroatoms. The molecule has 1 aliphatic rings. The Bertz CT molecular complexity index is 849. The van der Waals surface area contributed by atoms with Crippen LogP contribution in [0, 0.1) is 0 Å². The van der Waals surface area contributed by atoms with Gasteiger partial charge < -0.3 is 19.5 Å². The molecule has 1 amide bonds. The van der Waals surface area contributed by atoms with Crippen LogP contribution in [0.1, 0.15) is 15.2 Å². The van der Waals surface area contributed by atoms with E-state index in [1.807, 2.05) is 12.1 Å². The van der Waals surface area contributed by atoms with Crippen molar-refractivity contribution >= 4 is 34.8 Å². The van der Waals surface area contributed by atoms with Crippen LogP contribution >= 0.6 is 22.9 Å². The summed E-state index contributed by atoms with van der Waals surface area (Å²) in [6.07, 6.45) is 0. The first-order valence-corrected chi connectivity index (χ1v) is 9.94. The molecule has 0 radical (unpaired) electrons. The van der Waals surface area contributed by atoms with Gasteiger partial charge in [-0.05, 0) is 24.3 Å². The number of carbonyl (C=O) groups excluding carboxylic acids is 2. The number of piperazine rings is 1. The van der Waals surface area contributed by atoms with Gasteiger partial charge in [-0.3, -0.25) is 9.69 Å². The van der Waals surface area contributed by atoms with Gasteiger partial charge in [0.05, 0.1) is 11.4 Å². The van der Waals surface area contributed by atoms with Crippen molar-refractivity contribution in [3.63, 3.8) is 0 Å². The predicted octanol–water partition coefficient (Wildman–Crippen LogP) is 2.62. The van der Waals surface area contributed by atoms with Crippen molar-refractivity contribution in [2.45, 2.75) is 6.54 Å². The molecule has 2 aromatic rings. The average molecular weight is 425 g/mol. The fourth-order valence-electron chi connectivity index (χ4n) is 2.92. The Hall–Kier alpha value is -2.29. The Morgan fingerprint density at radius 3 is 2.54 bits per heavy atom. The standard InChI is InChI=1S/C19H21ClN2O5S/c1-26-13-2-4-15(16(23)10-13)19(25)27-12-18(24)22-8-6-21(7-9-22)11-14-3-5-17(20)28-14/h2-5,10,23H,6-9,11-12H2,1H3. The first-order valence-electron chi connectivity index (χ1n) is 8.74. The number of methoxy groups -OCH3 is 1. The van der Waals surface area contributed by atoms with Crippen molar-refractivity contribution in [3.05, 3.63) is 45.1 Å². The van der Waals surface area contributed by atoms with E-state index in [9.17, 15) is 14.7 Å². The van der Waals surface area contributed by atoms with Crippen molar-refractivity contribution in [3.8, 4) is 11.5 Å². The zero-order valence-corrected chi connectivity index (χ0v) is 17.0. The van der Waals surface area contributed by atoms with Gasteiger partial charge in [-0.1, -0.05) is 11.6 Å². The van der Waals surface area contributed by atoms with E-state index in [1.54, 1.807) is 16.2 Å². The number of hydrogen-bond acceptors (Lipinski definition) is 7. The highest BCUT2D eigenvalue weighted by molar-refractivity contribution is 7.16. The van der Waals surface area contributed by atoms with Gasteiger partial charge in [-0.25, -0.2) is 4.79 Å². The lowest BCUT2D eigenvalue weighted by Gasteiger charge is -2.34. The summed E-state index contributed by atoms with van der Waals surface area (Å²) in [7, 11) is 1.46. The van der Waals surface area contributed by atoms with Crippen LogP contribution < -0.4 is 4.74 Å². The molecule has 0 aliphatic carbocycles. The van der Waals surface area contributed by atoms with Crippen LogP contribution in [0.2, 0.25) is 4.34 Å². The largest absolute Gasteiger partial charge is 0.507 e. The lowest BCUT2D eigenvalue weighted by Crippen LogP contribution is -2.49. The number of phenolic OH excluding ortho intramolecular Hbond substituents is 1. The molecule has 0 spiro atoms. The molecule has 1 fully saturated rings. The SMILES string of the molecule is COc1ccc(C(=O)OCC(=O)N2CCN(Cc3ccc(Cl)s3)CC2)c(O)c1. The minimum atomic E-state index is -0.748. The molecular formula is C19H21ClN2O5S. The van der Waals surface area contributed by atoms with E-state index < -0.39 is 5.97 Å². The first kappa shape index (κ1) is 20.4. The molecule has 2 heterocycles. The van der Waals surface area contributed by atoms with Crippen molar-refractivity contribution in [2.75, 3.05) is 39.9 Å². The van der Waals surface area contributed by atoms with E-state index >= 15 is 0 Å². The van der Waals surface area contributed by atoms with Gasteiger partial charge in [0.25, 0.3) is 5.91 Å². The molecule has 150 valence electrons. The van der Waals surface area contributed by atoms with Crippen molar-refractivity contribution < 1.29 is 24.2 Å². The molecule has 1 aliphatic heterocycles. The molecule has 0 unspecified atom stereocenters. The molecule has 7 nitrogen and oxygen atoms in total. The molecule has 0 atom stereocenters. The molecule has 28 heavy (non-hydrogen) atoms. The molecule has 0 saturated carbocycles.